The second kappa shape index (κ2) is 14.6. The maximum absolute atomic E-state index is 7.44. The Hall–Kier alpha value is -5.33. The molecule has 10 aromatic rings. The predicted octanol–water partition coefficient (Wildman–Crippen LogP) is -3.28. The Bertz CT molecular complexity index is 3610. The molecule has 250 valence electrons. The van der Waals surface area contributed by atoms with Crippen LogP contribution in [0.4, 0.5) is 0 Å². The van der Waals surface area contributed by atoms with Gasteiger partial charge in [0.25, 0.3) is 0 Å². The monoisotopic (exact) mass is 746 g/mol. The van der Waals surface area contributed by atoms with Crippen LogP contribution in [0, 0.1) is 0 Å². The first-order valence-electron chi connectivity index (χ1n) is 19.6. The zero-order chi connectivity index (χ0) is 43.8. The van der Waals surface area contributed by atoms with Crippen LogP contribution in [-0.2, 0) is 0 Å². The highest BCUT2D eigenvalue weighted by molar-refractivity contribution is 6.73. The minimum Gasteiger partial charge on any atom is -0.110 e. The van der Waals surface area contributed by atoms with E-state index in [1.165, 1.54) is 0 Å². The summed E-state index contributed by atoms with van der Waals surface area (Å²) in [6, 6.07) is 31.9. The molecule has 0 aliphatic carbocycles. The lowest BCUT2D eigenvalue weighted by molar-refractivity contribution is 1.73. The third-order valence-electron chi connectivity index (χ3n) is 12.6. The summed E-state index contributed by atoms with van der Waals surface area (Å²) in [7, 11) is 97.8. The number of fused-ring (bicyclic) bond motifs is 7. The molecule has 0 amide bonds. The predicted molar refractivity (Wildman–Crippen MR) is 283 cm³/mol. The SMILES string of the molecule is [B]c1c([B])c([B])c2c(-c3c4c([B])c([B])c([B])c([B])c4c(-c4ccc5ccccc5c4)c4c([B])c([B])c([B])c([B])c34)c([B])c([B])c(-c3cc4ccccc4c4ccccc34)c2c1[B]. The van der Waals surface area contributed by atoms with Gasteiger partial charge in [0.05, 0.1) is 0 Å². The van der Waals surface area contributed by atoms with Crippen molar-refractivity contribution < 1.29 is 0 Å². The van der Waals surface area contributed by atoms with Gasteiger partial charge in [0, 0.05) is 0 Å². The summed E-state index contributed by atoms with van der Waals surface area (Å²) in [5, 5.41) is 7.81. The minimum atomic E-state index is 0.0152. The van der Waals surface area contributed by atoms with E-state index in [0.717, 1.165) is 37.9 Å². The summed E-state index contributed by atoms with van der Waals surface area (Å²) < 4.78 is 0. The fourth-order valence-electron chi connectivity index (χ4n) is 9.52. The number of benzene rings is 10. The first-order valence-corrected chi connectivity index (χ1v) is 19.6. The van der Waals surface area contributed by atoms with Crippen LogP contribution in [0.15, 0.2) is 97.1 Å². The second-order valence-electron chi connectivity index (χ2n) is 15.8. The molecule has 10 aromatic carbocycles. The van der Waals surface area contributed by atoms with E-state index in [1.54, 1.807) is 0 Å². The van der Waals surface area contributed by atoms with E-state index in [0.29, 0.717) is 49.0 Å². The van der Waals surface area contributed by atoms with Gasteiger partial charge in [-0.15, -0.1) is 32.8 Å². The van der Waals surface area contributed by atoms with Crippen molar-refractivity contribution >= 4 is 251 Å². The Morgan fingerprint density at radius 2 is 0.597 bits per heavy atom. The van der Waals surface area contributed by atoms with Gasteiger partial charge in [0.2, 0.25) is 0 Å². The zero-order valence-electron chi connectivity index (χ0n) is 33.3. The van der Waals surface area contributed by atoms with Gasteiger partial charge in [0.1, 0.15) is 110 Å². The van der Waals surface area contributed by atoms with Crippen molar-refractivity contribution in [3.8, 4) is 33.4 Å². The first kappa shape index (κ1) is 40.7. The fraction of sp³-hybridized carbons (Fsp3) is 0. The molecule has 62 heavy (non-hydrogen) atoms. The lowest BCUT2D eigenvalue weighted by Crippen LogP contribution is -2.50. The van der Waals surface area contributed by atoms with Crippen molar-refractivity contribution in [3.63, 3.8) is 0 Å². The molecule has 0 unspecified atom stereocenters. The highest BCUT2D eigenvalue weighted by atomic mass is 14.3. The van der Waals surface area contributed by atoms with Crippen molar-refractivity contribution in [1.82, 2.24) is 0 Å². The summed E-state index contributed by atoms with van der Waals surface area (Å²) in [5.41, 5.74) is 3.86. The average molecular weight is 744 g/mol. The van der Waals surface area contributed by atoms with E-state index >= 15 is 0 Å². The van der Waals surface area contributed by atoms with Gasteiger partial charge >= 0.3 is 0 Å². The Balaban J connectivity index is 1.51. The maximum atomic E-state index is 7.44. The van der Waals surface area contributed by atoms with Crippen LogP contribution in [0.5, 0.6) is 0 Å². The molecule has 0 spiro atoms. The Labute approximate surface area is 379 Å². The van der Waals surface area contributed by atoms with E-state index in [1.807, 2.05) is 91.0 Å². The maximum Gasteiger partial charge on any atom is 0.113 e. The molecule has 14 heteroatoms. The van der Waals surface area contributed by atoms with E-state index in [9.17, 15) is 0 Å². The second-order valence-corrected chi connectivity index (χ2v) is 15.8. The van der Waals surface area contributed by atoms with Crippen LogP contribution in [-0.4, -0.2) is 110 Å². The van der Waals surface area contributed by atoms with Crippen LogP contribution in [0.2, 0.25) is 0 Å². The third kappa shape index (κ3) is 5.54. The molecule has 0 N–H and O–H groups in total. The zero-order valence-corrected chi connectivity index (χ0v) is 33.3. The largest absolute Gasteiger partial charge is 0.113 e. The highest BCUT2D eigenvalue weighted by Gasteiger charge is 2.29. The van der Waals surface area contributed by atoms with Gasteiger partial charge in [0.15, 0.2) is 0 Å². The smallest absolute Gasteiger partial charge is 0.110 e. The van der Waals surface area contributed by atoms with Crippen molar-refractivity contribution in [2.45, 2.75) is 0 Å². The van der Waals surface area contributed by atoms with Gasteiger partial charge < -0.3 is 0 Å². The van der Waals surface area contributed by atoms with Gasteiger partial charge in [-0.1, -0.05) is 129 Å². The number of hydrogen-bond donors (Lipinski definition) is 0. The Kier molecular flexibility index (Phi) is 9.60. The molecule has 0 fully saturated rings. The van der Waals surface area contributed by atoms with Gasteiger partial charge in [-0.25, -0.2) is 0 Å². The topological polar surface area (TPSA) is 0 Å². The minimum absolute atomic E-state index is 0.0152. The van der Waals surface area contributed by atoms with E-state index < -0.39 is 0 Å². The van der Waals surface area contributed by atoms with Gasteiger partial charge in [-0.2, -0.15) is 0 Å². The number of rotatable bonds is 3. The van der Waals surface area contributed by atoms with Crippen molar-refractivity contribution in [2.75, 3.05) is 0 Å². The van der Waals surface area contributed by atoms with Crippen LogP contribution in [0.25, 0.3) is 98.0 Å². The number of hydrogen-bond acceptors (Lipinski definition) is 0. The standard InChI is InChI=1S/C48H16B14/c49-35-26(24-16-19-9-3-4-10-21(19)22-11-5-6-12-23(22)24)30-34(42(56)48(62)45(59)39(30)53)33(36(35)50)27-31-28(37(51)43(57)46(60)40(31)54)25(20-14-13-17-7-1-2-8-18(17)15-20)29-32(27)41(55)47(61)44(58)38(29)52/h1-16H. The van der Waals surface area contributed by atoms with E-state index in [-0.39, 0.29) is 87.6 Å². The van der Waals surface area contributed by atoms with E-state index in [2.05, 4.69) is 6.07 Å². The molecule has 0 saturated carbocycles. The molecule has 10 rings (SSSR count). The quantitative estimate of drug-likeness (QED) is 0.101. The van der Waals surface area contributed by atoms with Crippen LogP contribution < -0.4 is 76.5 Å². The lowest BCUT2D eigenvalue weighted by Gasteiger charge is -2.32. The van der Waals surface area contributed by atoms with E-state index in [4.69, 9.17) is 110 Å². The summed E-state index contributed by atoms with van der Waals surface area (Å²) in [4.78, 5) is 0. The summed E-state index contributed by atoms with van der Waals surface area (Å²) in [6.45, 7) is 0. The van der Waals surface area contributed by atoms with Gasteiger partial charge in [-0.05, 0) is 110 Å². The van der Waals surface area contributed by atoms with Crippen molar-refractivity contribution in [1.29, 1.82) is 0 Å². The molecule has 0 heterocycles. The highest BCUT2D eigenvalue weighted by Crippen LogP contribution is 2.44. The van der Waals surface area contributed by atoms with Crippen molar-refractivity contribution in [3.05, 3.63) is 97.1 Å². The van der Waals surface area contributed by atoms with Crippen LogP contribution >= 0.6 is 0 Å². The molecule has 0 aliphatic heterocycles. The molecule has 0 bridgehead atoms. The third-order valence-corrected chi connectivity index (χ3v) is 12.6. The lowest BCUT2D eigenvalue weighted by atomic mass is 9.57. The Morgan fingerprint density at radius 1 is 0.226 bits per heavy atom. The van der Waals surface area contributed by atoms with Crippen LogP contribution in [0.1, 0.15) is 0 Å². The molecular formula is C48H16B14. The Morgan fingerprint density at radius 3 is 1.11 bits per heavy atom. The van der Waals surface area contributed by atoms with Gasteiger partial charge in [-0.3, -0.25) is 0 Å². The molecule has 0 aromatic heterocycles. The molecule has 0 atom stereocenters. The average Bonchev–Trinajstić information content (AvgIpc) is 3.29. The molecule has 0 nitrogen and oxygen atoms in total. The molecule has 0 aliphatic rings. The summed E-state index contributed by atoms with van der Waals surface area (Å²) >= 11 is 0. The fourth-order valence-corrected chi connectivity index (χ4v) is 9.52. The molecular weight excluding hydrogens is 728 g/mol. The molecule has 0 saturated heterocycles. The summed E-state index contributed by atoms with van der Waals surface area (Å²) in [5.74, 6) is 0. The van der Waals surface area contributed by atoms with Crippen LogP contribution in [0.3, 0.4) is 0 Å². The van der Waals surface area contributed by atoms with Crippen molar-refractivity contribution in [2.24, 2.45) is 0 Å². The molecule has 28 radical (unpaired) electrons. The summed E-state index contributed by atoms with van der Waals surface area (Å²) in [6.07, 6.45) is 0. The normalized spacial score (nSPS) is 11.8. The first-order chi connectivity index (χ1) is 29.6.